The molecule has 1 saturated carbocycles. The lowest BCUT2D eigenvalue weighted by molar-refractivity contribution is -0.142. The van der Waals surface area contributed by atoms with Crippen molar-refractivity contribution < 1.29 is 22.6 Å². The van der Waals surface area contributed by atoms with Gasteiger partial charge in [-0.1, -0.05) is 20.3 Å². The molecule has 202 valence electrons. The summed E-state index contributed by atoms with van der Waals surface area (Å²) >= 11 is 0. The van der Waals surface area contributed by atoms with Crippen molar-refractivity contribution in [3.8, 4) is 5.88 Å². The summed E-state index contributed by atoms with van der Waals surface area (Å²) in [7, 11) is 0. The number of anilines is 2. The van der Waals surface area contributed by atoms with Crippen LogP contribution in [0.4, 0.5) is 24.7 Å². The molecule has 0 atom stereocenters. The molecule has 11 heteroatoms. The van der Waals surface area contributed by atoms with Crippen molar-refractivity contribution in [3.63, 3.8) is 0 Å². The monoisotopic (exact) mass is 520 g/mol. The van der Waals surface area contributed by atoms with Crippen molar-refractivity contribution >= 4 is 17.5 Å². The Kier molecular flexibility index (Phi) is 7.80. The quantitative estimate of drug-likeness (QED) is 0.368. The highest BCUT2D eigenvalue weighted by atomic mass is 19.4. The van der Waals surface area contributed by atoms with Crippen LogP contribution in [0.5, 0.6) is 5.88 Å². The molecule has 1 fully saturated rings. The molecular weight excluding hydrogens is 485 g/mol. The molecule has 2 aromatic rings. The number of rotatable bonds is 7. The first kappa shape index (κ1) is 26.9. The molecule has 37 heavy (non-hydrogen) atoms. The summed E-state index contributed by atoms with van der Waals surface area (Å²) in [6.45, 7) is 6.55. The average molecular weight is 521 g/mol. The maximum Gasteiger partial charge on any atom is 0.406 e. The minimum absolute atomic E-state index is 0.214. The number of aromatic nitrogens is 3. The van der Waals surface area contributed by atoms with Crippen molar-refractivity contribution in [1.82, 2.24) is 19.9 Å². The van der Waals surface area contributed by atoms with E-state index in [0.29, 0.717) is 18.2 Å². The van der Waals surface area contributed by atoms with Gasteiger partial charge in [-0.05, 0) is 45.6 Å². The summed E-state index contributed by atoms with van der Waals surface area (Å²) in [5.74, 6) is 1.59. The maximum absolute atomic E-state index is 12.9. The number of hydrogen-bond donors (Lipinski definition) is 1. The molecule has 2 aromatic heterocycles. The first-order chi connectivity index (χ1) is 17.4. The van der Waals surface area contributed by atoms with Crippen LogP contribution in [0.3, 0.4) is 0 Å². The molecule has 1 aliphatic heterocycles. The van der Waals surface area contributed by atoms with E-state index in [1.54, 1.807) is 26.2 Å². The van der Waals surface area contributed by atoms with Crippen LogP contribution in [0.2, 0.25) is 0 Å². The number of pyridine rings is 1. The fourth-order valence-corrected chi connectivity index (χ4v) is 4.78. The van der Waals surface area contributed by atoms with Gasteiger partial charge in [-0.2, -0.15) is 13.2 Å². The summed E-state index contributed by atoms with van der Waals surface area (Å²) in [5.41, 5.74) is 1.59. The number of nitrogens with one attached hydrogen (secondary N) is 1. The molecule has 0 amide bonds. The lowest BCUT2D eigenvalue weighted by atomic mass is 9.89. The van der Waals surface area contributed by atoms with Crippen LogP contribution in [0.25, 0.3) is 0 Å². The number of halogens is 3. The van der Waals surface area contributed by atoms with Crippen molar-refractivity contribution in [2.45, 2.75) is 90.1 Å². The van der Waals surface area contributed by atoms with Crippen LogP contribution in [-0.4, -0.2) is 57.3 Å². The number of hydrogen-bond acceptors (Lipinski definition) is 7. The predicted octanol–water partition coefficient (Wildman–Crippen LogP) is 5.74. The molecule has 0 bridgehead atoms. The number of ether oxygens (including phenoxy) is 2. The van der Waals surface area contributed by atoms with Gasteiger partial charge in [0.1, 0.15) is 18.5 Å². The zero-order valence-corrected chi connectivity index (χ0v) is 21.8. The second-order valence-corrected chi connectivity index (χ2v) is 10.7. The normalized spacial score (nSPS) is 17.6. The van der Waals surface area contributed by atoms with Gasteiger partial charge in [0.15, 0.2) is 12.4 Å². The van der Waals surface area contributed by atoms with Gasteiger partial charge in [-0.3, -0.25) is 5.41 Å². The number of alkyl halides is 3. The van der Waals surface area contributed by atoms with E-state index in [0.717, 1.165) is 29.0 Å². The Labute approximate surface area is 215 Å². The van der Waals surface area contributed by atoms with Gasteiger partial charge >= 0.3 is 6.18 Å². The molecule has 0 aromatic carbocycles. The third-order valence-corrected chi connectivity index (χ3v) is 6.80. The third kappa shape index (κ3) is 6.61. The zero-order valence-electron chi connectivity index (χ0n) is 21.8. The van der Waals surface area contributed by atoms with E-state index >= 15 is 0 Å². The molecule has 0 saturated heterocycles. The highest BCUT2D eigenvalue weighted by Crippen LogP contribution is 2.42. The second-order valence-electron chi connectivity index (χ2n) is 10.7. The van der Waals surface area contributed by atoms with E-state index in [2.05, 4.69) is 28.8 Å². The first-order valence-corrected chi connectivity index (χ1v) is 12.7. The highest BCUT2D eigenvalue weighted by Gasteiger charge is 2.38. The topological polar surface area (TPSA) is 87.5 Å². The summed E-state index contributed by atoms with van der Waals surface area (Å²) in [4.78, 5) is 16.5. The Hall–Kier alpha value is -3.11. The average Bonchev–Trinajstić information content (AvgIpc) is 3.11. The molecular formula is C26H35F3N6O2. The molecule has 8 nitrogen and oxygen atoms in total. The van der Waals surface area contributed by atoms with Crippen molar-refractivity contribution in [2.24, 2.45) is 0 Å². The second kappa shape index (κ2) is 10.7. The Morgan fingerprint density at radius 2 is 1.89 bits per heavy atom. The lowest BCUT2D eigenvalue weighted by Crippen LogP contribution is -2.43. The van der Waals surface area contributed by atoms with Gasteiger partial charge in [-0.25, -0.2) is 15.0 Å². The van der Waals surface area contributed by atoms with E-state index < -0.39 is 24.8 Å². The van der Waals surface area contributed by atoms with E-state index in [-0.39, 0.29) is 24.0 Å². The van der Waals surface area contributed by atoms with Gasteiger partial charge in [0.05, 0.1) is 11.9 Å². The van der Waals surface area contributed by atoms with Crippen LogP contribution in [0.15, 0.2) is 24.5 Å². The molecule has 3 heterocycles. The van der Waals surface area contributed by atoms with E-state index in [9.17, 15) is 13.2 Å². The van der Waals surface area contributed by atoms with Crippen LogP contribution in [0.1, 0.15) is 71.2 Å². The minimum Gasteiger partial charge on any atom is -0.474 e. The van der Waals surface area contributed by atoms with E-state index in [1.165, 1.54) is 19.3 Å². The van der Waals surface area contributed by atoms with Crippen molar-refractivity contribution in [3.05, 3.63) is 35.9 Å². The Balaban J connectivity index is 1.47. The molecule has 1 N–H and O–H groups in total. The summed E-state index contributed by atoms with van der Waals surface area (Å²) in [5, 5.41) is 8.03. The van der Waals surface area contributed by atoms with E-state index in [4.69, 9.17) is 14.9 Å². The fraction of sp³-hybridized carbons (Fsp3) is 0.615. The Morgan fingerprint density at radius 3 is 2.51 bits per heavy atom. The SMILES string of the molecule is CC(C)N(CC(F)(F)F)C(=N)OCc1ncc2c(n1)N(c1ccc(OC3CCCCC3)nc1)CC2(C)C. The predicted molar refractivity (Wildman–Crippen MR) is 134 cm³/mol. The molecule has 0 unspecified atom stereocenters. The van der Waals surface area contributed by atoms with Gasteiger partial charge in [0.2, 0.25) is 5.88 Å². The van der Waals surface area contributed by atoms with Gasteiger partial charge in [0, 0.05) is 35.8 Å². The standard InChI is InChI=1S/C26H35F3N6O2/c1-17(2)34(16-26(27,28)29)24(30)36-14-21-31-13-20-23(33-21)35(15-25(20,3)4)18-10-11-22(32-12-18)37-19-8-6-5-7-9-19/h10-13,17,19,30H,5-9,14-16H2,1-4H3. The van der Waals surface area contributed by atoms with Crippen molar-refractivity contribution in [2.75, 3.05) is 18.0 Å². The molecule has 0 radical (unpaired) electrons. The van der Waals surface area contributed by atoms with Gasteiger partial charge in [-0.15, -0.1) is 0 Å². The highest BCUT2D eigenvalue weighted by molar-refractivity contribution is 5.71. The lowest BCUT2D eigenvalue weighted by Gasteiger charge is -2.29. The maximum atomic E-state index is 12.9. The zero-order chi connectivity index (χ0) is 26.8. The Bertz CT molecular complexity index is 1080. The molecule has 2 aliphatic rings. The van der Waals surface area contributed by atoms with Crippen molar-refractivity contribution in [1.29, 1.82) is 5.41 Å². The molecule has 1 aliphatic carbocycles. The minimum atomic E-state index is -4.44. The summed E-state index contributed by atoms with van der Waals surface area (Å²) < 4.78 is 50.2. The largest absolute Gasteiger partial charge is 0.474 e. The molecule has 0 spiro atoms. The number of amidine groups is 1. The Morgan fingerprint density at radius 1 is 1.16 bits per heavy atom. The van der Waals surface area contributed by atoms with E-state index in [1.807, 2.05) is 17.0 Å². The fourth-order valence-electron chi connectivity index (χ4n) is 4.78. The summed E-state index contributed by atoms with van der Waals surface area (Å²) in [6, 6.07) is 2.72. The van der Waals surface area contributed by atoms with Crippen LogP contribution < -0.4 is 9.64 Å². The van der Waals surface area contributed by atoms with Crippen LogP contribution >= 0.6 is 0 Å². The van der Waals surface area contributed by atoms with Crippen LogP contribution in [-0.2, 0) is 16.8 Å². The first-order valence-electron chi connectivity index (χ1n) is 12.7. The van der Waals surface area contributed by atoms with Gasteiger partial charge < -0.3 is 19.3 Å². The van der Waals surface area contributed by atoms with Crippen LogP contribution in [0, 0.1) is 5.41 Å². The molecule has 4 rings (SSSR count). The third-order valence-electron chi connectivity index (χ3n) is 6.80. The number of nitrogens with zero attached hydrogens (tertiary/aromatic N) is 5. The smallest absolute Gasteiger partial charge is 0.406 e. The number of fused-ring (bicyclic) bond motifs is 1. The van der Waals surface area contributed by atoms with Gasteiger partial charge in [0.25, 0.3) is 6.02 Å². The summed E-state index contributed by atoms with van der Waals surface area (Å²) in [6.07, 6.45) is 5.02.